The minimum Gasteiger partial charge on any atom is -0.396 e. The number of hydrogen-bond donors (Lipinski definition) is 2. The van der Waals surface area contributed by atoms with E-state index in [0.29, 0.717) is 19.6 Å². The Morgan fingerprint density at radius 3 is 2.75 bits per heavy atom. The summed E-state index contributed by atoms with van der Waals surface area (Å²) in [6, 6.07) is 3.29. The summed E-state index contributed by atoms with van der Waals surface area (Å²) in [6.45, 7) is 2.01. The molecule has 0 bridgehead atoms. The van der Waals surface area contributed by atoms with E-state index in [4.69, 9.17) is 9.84 Å². The maximum atomic E-state index is 12.0. The second-order valence-electron chi connectivity index (χ2n) is 4.51. The standard InChI is InChI=1S/C12H22N2O4S2/c1-14(2)7-10-18-9-6-13-20(16,17)12-4-3-11(19-12)5-8-15/h3-4,13,15H,5-10H2,1-2H3. The molecule has 0 saturated heterocycles. The van der Waals surface area contributed by atoms with E-state index < -0.39 is 10.0 Å². The van der Waals surface area contributed by atoms with Gasteiger partial charge >= 0.3 is 0 Å². The quantitative estimate of drug-likeness (QED) is 0.599. The van der Waals surface area contributed by atoms with Crippen LogP contribution in [-0.4, -0.2) is 65.4 Å². The molecule has 0 fully saturated rings. The van der Waals surface area contributed by atoms with Gasteiger partial charge in [0, 0.05) is 31.0 Å². The van der Waals surface area contributed by atoms with Crippen LogP contribution in [0.4, 0.5) is 0 Å². The first-order chi connectivity index (χ1) is 9.45. The number of rotatable bonds is 10. The lowest BCUT2D eigenvalue weighted by molar-refractivity contribution is 0.122. The third kappa shape index (κ3) is 6.29. The van der Waals surface area contributed by atoms with Crippen molar-refractivity contribution in [2.24, 2.45) is 0 Å². The average Bonchev–Trinajstić information content (AvgIpc) is 2.83. The highest BCUT2D eigenvalue weighted by Crippen LogP contribution is 2.21. The lowest BCUT2D eigenvalue weighted by atomic mass is 10.4. The molecule has 0 amide bonds. The second kappa shape index (κ2) is 8.71. The Labute approximate surface area is 124 Å². The molecule has 0 spiro atoms. The van der Waals surface area contributed by atoms with Crippen LogP contribution in [0.15, 0.2) is 16.3 Å². The zero-order valence-electron chi connectivity index (χ0n) is 11.8. The smallest absolute Gasteiger partial charge is 0.250 e. The Balaban J connectivity index is 2.33. The van der Waals surface area contributed by atoms with Gasteiger partial charge < -0.3 is 14.7 Å². The van der Waals surface area contributed by atoms with Crippen molar-refractivity contribution in [1.82, 2.24) is 9.62 Å². The van der Waals surface area contributed by atoms with Gasteiger partial charge in [-0.05, 0) is 26.2 Å². The number of likely N-dealkylation sites (N-methyl/N-ethyl adjacent to an activating group) is 1. The van der Waals surface area contributed by atoms with Gasteiger partial charge in [0.2, 0.25) is 10.0 Å². The topological polar surface area (TPSA) is 78.9 Å². The van der Waals surface area contributed by atoms with E-state index in [1.54, 1.807) is 12.1 Å². The fourth-order valence-corrected chi connectivity index (χ4v) is 3.82. The molecule has 2 N–H and O–H groups in total. The molecule has 1 rings (SSSR count). The monoisotopic (exact) mass is 322 g/mol. The Hall–Kier alpha value is -0.510. The Morgan fingerprint density at radius 2 is 2.10 bits per heavy atom. The van der Waals surface area contributed by atoms with E-state index in [2.05, 4.69) is 4.72 Å². The van der Waals surface area contributed by atoms with Crippen LogP contribution in [0.5, 0.6) is 0 Å². The number of hydrogen-bond acceptors (Lipinski definition) is 6. The molecule has 116 valence electrons. The zero-order chi connectivity index (χ0) is 15.0. The van der Waals surface area contributed by atoms with Gasteiger partial charge in [-0.1, -0.05) is 0 Å². The Bertz CT molecular complexity index is 485. The number of nitrogens with zero attached hydrogens (tertiary/aromatic N) is 1. The summed E-state index contributed by atoms with van der Waals surface area (Å²) in [5.41, 5.74) is 0. The summed E-state index contributed by atoms with van der Waals surface area (Å²) < 4.78 is 32.0. The summed E-state index contributed by atoms with van der Waals surface area (Å²) in [5.74, 6) is 0. The van der Waals surface area contributed by atoms with Gasteiger partial charge in [0.15, 0.2) is 0 Å². The molecular weight excluding hydrogens is 300 g/mol. The Morgan fingerprint density at radius 1 is 1.35 bits per heavy atom. The third-order valence-corrected chi connectivity index (χ3v) is 5.58. The summed E-state index contributed by atoms with van der Waals surface area (Å²) in [6.07, 6.45) is 0.480. The van der Waals surface area contributed by atoms with Crippen LogP contribution in [0.3, 0.4) is 0 Å². The Kier molecular flexibility index (Phi) is 7.63. The lowest BCUT2D eigenvalue weighted by Crippen LogP contribution is -2.28. The van der Waals surface area contributed by atoms with E-state index in [1.165, 1.54) is 11.3 Å². The van der Waals surface area contributed by atoms with E-state index >= 15 is 0 Å². The van der Waals surface area contributed by atoms with E-state index in [1.807, 2.05) is 19.0 Å². The summed E-state index contributed by atoms with van der Waals surface area (Å²) in [4.78, 5) is 2.86. The van der Waals surface area contributed by atoms with Crippen molar-refractivity contribution < 1.29 is 18.3 Å². The van der Waals surface area contributed by atoms with E-state index in [0.717, 1.165) is 11.4 Å². The van der Waals surface area contributed by atoms with Crippen molar-refractivity contribution >= 4 is 21.4 Å². The summed E-state index contributed by atoms with van der Waals surface area (Å²) in [7, 11) is 0.438. The van der Waals surface area contributed by atoms with Crippen molar-refractivity contribution in [3.05, 3.63) is 17.0 Å². The molecule has 1 heterocycles. The first-order valence-corrected chi connectivity index (χ1v) is 8.67. The van der Waals surface area contributed by atoms with Gasteiger partial charge in [-0.25, -0.2) is 13.1 Å². The molecule has 0 aliphatic carbocycles. The molecule has 0 saturated carbocycles. The summed E-state index contributed by atoms with van der Waals surface area (Å²) >= 11 is 1.18. The fourth-order valence-electron chi connectivity index (χ4n) is 1.42. The maximum Gasteiger partial charge on any atom is 0.250 e. The van der Waals surface area contributed by atoms with Crippen LogP contribution in [0, 0.1) is 0 Å². The molecule has 0 aliphatic heterocycles. The van der Waals surface area contributed by atoms with Gasteiger partial charge in [-0.15, -0.1) is 11.3 Å². The molecule has 6 nitrogen and oxygen atoms in total. The highest BCUT2D eigenvalue weighted by Gasteiger charge is 2.15. The van der Waals surface area contributed by atoms with Crippen LogP contribution >= 0.6 is 11.3 Å². The zero-order valence-corrected chi connectivity index (χ0v) is 13.5. The molecule has 0 unspecified atom stereocenters. The molecule has 1 aromatic heterocycles. The van der Waals surface area contributed by atoms with Crippen molar-refractivity contribution in [3.8, 4) is 0 Å². The van der Waals surface area contributed by atoms with E-state index in [9.17, 15) is 8.42 Å². The number of aliphatic hydroxyl groups is 1. The average molecular weight is 322 g/mol. The number of sulfonamides is 1. The third-order valence-electron chi connectivity index (χ3n) is 2.48. The molecular formula is C12H22N2O4S2. The summed E-state index contributed by atoms with van der Waals surface area (Å²) in [5, 5.41) is 8.82. The van der Waals surface area contributed by atoms with Gasteiger partial charge in [-0.2, -0.15) is 0 Å². The molecule has 20 heavy (non-hydrogen) atoms. The molecule has 1 aromatic rings. The predicted molar refractivity (Wildman–Crippen MR) is 79.7 cm³/mol. The molecule has 0 radical (unpaired) electrons. The number of thiophene rings is 1. The first kappa shape index (κ1) is 17.5. The second-order valence-corrected chi connectivity index (χ2v) is 7.67. The molecule has 0 atom stereocenters. The van der Waals surface area contributed by atoms with Crippen molar-refractivity contribution in [3.63, 3.8) is 0 Å². The first-order valence-electron chi connectivity index (χ1n) is 6.37. The van der Waals surface area contributed by atoms with Crippen LogP contribution < -0.4 is 4.72 Å². The molecule has 8 heteroatoms. The fraction of sp³-hybridized carbons (Fsp3) is 0.667. The SMILES string of the molecule is CN(C)CCOCCNS(=O)(=O)c1ccc(CCO)s1. The highest BCUT2D eigenvalue weighted by molar-refractivity contribution is 7.91. The van der Waals surface area contributed by atoms with Crippen LogP contribution in [0.2, 0.25) is 0 Å². The van der Waals surface area contributed by atoms with Gasteiger partial charge in [-0.3, -0.25) is 0 Å². The minimum atomic E-state index is -3.46. The number of ether oxygens (including phenoxy) is 1. The maximum absolute atomic E-state index is 12.0. The van der Waals surface area contributed by atoms with E-state index in [-0.39, 0.29) is 17.4 Å². The molecule has 0 aromatic carbocycles. The van der Waals surface area contributed by atoms with Gasteiger partial charge in [0.1, 0.15) is 4.21 Å². The van der Waals surface area contributed by atoms with Crippen LogP contribution in [0.25, 0.3) is 0 Å². The van der Waals surface area contributed by atoms with Gasteiger partial charge in [0.05, 0.1) is 13.2 Å². The van der Waals surface area contributed by atoms with Crippen LogP contribution in [0.1, 0.15) is 4.88 Å². The molecule has 0 aliphatic rings. The van der Waals surface area contributed by atoms with Crippen molar-refractivity contribution in [1.29, 1.82) is 0 Å². The van der Waals surface area contributed by atoms with Crippen molar-refractivity contribution in [2.45, 2.75) is 10.6 Å². The number of nitrogens with one attached hydrogen (secondary N) is 1. The number of aliphatic hydroxyl groups excluding tert-OH is 1. The van der Waals surface area contributed by atoms with Crippen LogP contribution in [-0.2, 0) is 21.2 Å². The highest BCUT2D eigenvalue weighted by atomic mass is 32.2. The normalized spacial score (nSPS) is 12.2. The lowest BCUT2D eigenvalue weighted by Gasteiger charge is -2.10. The minimum absolute atomic E-state index is 0.0210. The van der Waals surface area contributed by atoms with Crippen molar-refractivity contribution in [2.75, 3.05) is 47.0 Å². The predicted octanol–water partition coefficient (Wildman–Crippen LogP) is 0.139. The largest absolute Gasteiger partial charge is 0.396 e. The van der Waals surface area contributed by atoms with Gasteiger partial charge in [0.25, 0.3) is 0 Å².